The number of benzene rings is 2. The Morgan fingerprint density at radius 2 is 1.94 bits per heavy atom. The van der Waals surface area contributed by atoms with Gasteiger partial charge in [-0.05, 0) is 53.2 Å². The highest BCUT2D eigenvalue weighted by Crippen LogP contribution is 2.35. The van der Waals surface area contributed by atoms with Crippen LogP contribution in [0.3, 0.4) is 0 Å². The van der Waals surface area contributed by atoms with Crippen LogP contribution in [-0.4, -0.2) is 32.9 Å². The summed E-state index contributed by atoms with van der Waals surface area (Å²) in [6.07, 6.45) is 2.61. The van der Waals surface area contributed by atoms with Crippen LogP contribution >= 0.6 is 31.9 Å². The maximum absolute atomic E-state index is 12.9. The van der Waals surface area contributed by atoms with E-state index in [0.29, 0.717) is 38.3 Å². The molecule has 0 aliphatic carbocycles. The van der Waals surface area contributed by atoms with Crippen LogP contribution in [0.4, 0.5) is 5.69 Å². The quantitative estimate of drug-likeness (QED) is 0.172. The van der Waals surface area contributed by atoms with Gasteiger partial charge in [0.15, 0.2) is 11.5 Å². The lowest BCUT2D eigenvalue weighted by atomic mass is 10.2. The van der Waals surface area contributed by atoms with Gasteiger partial charge in [-0.3, -0.25) is 14.9 Å². The van der Waals surface area contributed by atoms with Crippen molar-refractivity contribution in [3.63, 3.8) is 0 Å². The lowest BCUT2D eigenvalue weighted by Gasteiger charge is -2.12. The highest BCUT2D eigenvalue weighted by molar-refractivity contribution is 9.10. The number of hydrogen-bond donors (Lipinski definition) is 0. The van der Waals surface area contributed by atoms with Crippen molar-refractivity contribution in [3.8, 4) is 17.4 Å². The molecule has 2 aromatic carbocycles. The molecule has 0 radical (unpaired) electrons. The fourth-order valence-electron chi connectivity index (χ4n) is 3.06. The van der Waals surface area contributed by atoms with Crippen molar-refractivity contribution in [2.75, 3.05) is 7.11 Å². The summed E-state index contributed by atoms with van der Waals surface area (Å²) in [4.78, 5) is 31.6. The molecule has 2 aromatic heterocycles. The molecule has 0 fully saturated rings. The number of fused-ring (bicyclic) bond motifs is 1. The Hall–Kier alpha value is -3.64. The van der Waals surface area contributed by atoms with Gasteiger partial charge in [0.25, 0.3) is 11.2 Å². The third kappa shape index (κ3) is 4.82. The maximum Gasteiger partial charge on any atom is 0.287 e. The Bertz CT molecular complexity index is 1500. The van der Waals surface area contributed by atoms with E-state index in [1.54, 1.807) is 31.2 Å². The van der Waals surface area contributed by atoms with Gasteiger partial charge in [-0.2, -0.15) is 9.78 Å². The molecule has 4 rings (SSSR count). The van der Waals surface area contributed by atoms with Crippen LogP contribution in [0.15, 0.2) is 67.5 Å². The summed E-state index contributed by atoms with van der Waals surface area (Å²) in [7, 11) is 1.47. The summed E-state index contributed by atoms with van der Waals surface area (Å²) < 4.78 is 13.7. The smallest absolute Gasteiger partial charge is 0.287 e. The molecule has 0 aliphatic rings. The molecule has 12 heteroatoms. The molecule has 0 amide bonds. The molecule has 2 heterocycles. The van der Waals surface area contributed by atoms with Gasteiger partial charge in [0.1, 0.15) is 12.0 Å². The van der Waals surface area contributed by atoms with Crippen LogP contribution in [0.2, 0.25) is 0 Å². The van der Waals surface area contributed by atoms with Crippen molar-refractivity contribution in [3.05, 3.63) is 89.5 Å². The van der Waals surface area contributed by atoms with Crippen molar-refractivity contribution >= 4 is 54.7 Å². The number of ether oxygens (including phenoxy) is 2. The normalized spacial score (nSPS) is 11.2. The number of rotatable bonds is 6. The summed E-state index contributed by atoms with van der Waals surface area (Å²) in [6, 6.07) is 11.3. The SMILES string of the molecule is COc1cc(C=Nn2c(C)nc3ccc(Br)cc3c2=O)c(Br)cc1Oc1ccc([N+](=O)[O-])cn1. The van der Waals surface area contributed by atoms with Gasteiger partial charge in [0.05, 0.1) is 29.2 Å². The first-order valence-electron chi connectivity index (χ1n) is 9.66. The summed E-state index contributed by atoms with van der Waals surface area (Å²) >= 11 is 6.84. The van der Waals surface area contributed by atoms with E-state index in [4.69, 9.17) is 9.47 Å². The van der Waals surface area contributed by atoms with E-state index in [0.717, 1.165) is 10.7 Å². The zero-order chi connectivity index (χ0) is 24.4. The molecule has 4 aromatic rings. The van der Waals surface area contributed by atoms with E-state index in [-0.39, 0.29) is 17.1 Å². The number of aryl methyl sites for hydroxylation is 1. The van der Waals surface area contributed by atoms with Crippen LogP contribution < -0.4 is 15.0 Å². The molecule has 0 unspecified atom stereocenters. The van der Waals surface area contributed by atoms with E-state index < -0.39 is 4.92 Å². The number of nitro groups is 1. The van der Waals surface area contributed by atoms with Crippen LogP contribution in [-0.2, 0) is 0 Å². The van der Waals surface area contributed by atoms with Crippen LogP contribution in [0.1, 0.15) is 11.4 Å². The molecule has 34 heavy (non-hydrogen) atoms. The number of hydrogen-bond acceptors (Lipinski definition) is 8. The van der Waals surface area contributed by atoms with E-state index in [9.17, 15) is 14.9 Å². The fraction of sp³-hybridized carbons (Fsp3) is 0.0909. The fourth-order valence-corrected chi connectivity index (χ4v) is 3.84. The van der Waals surface area contributed by atoms with Gasteiger partial charge >= 0.3 is 0 Å². The lowest BCUT2D eigenvalue weighted by Crippen LogP contribution is -2.20. The van der Waals surface area contributed by atoms with E-state index in [1.165, 1.54) is 30.1 Å². The minimum absolute atomic E-state index is 0.145. The molecule has 0 aliphatic heterocycles. The van der Waals surface area contributed by atoms with Crippen molar-refractivity contribution < 1.29 is 14.4 Å². The molecular weight excluding hydrogens is 574 g/mol. The third-order valence-corrected chi connectivity index (χ3v) is 5.89. The highest BCUT2D eigenvalue weighted by atomic mass is 79.9. The van der Waals surface area contributed by atoms with Gasteiger partial charge in [0, 0.05) is 26.6 Å². The average molecular weight is 589 g/mol. The van der Waals surface area contributed by atoms with E-state index >= 15 is 0 Å². The van der Waals surface area contributed by atoms with Gasteiger partial charge in [-0.15, -0.1) is 0 Å². The van der Waals surface area contributed by atoms with Crippen LogP contribution in [0.25, 0.3) is 10.9 Å². The predicted molar refractivity (Wildman–Crippen MR) is 133 cm³/mol. The van der Waals surface area contributed by atoms with E-state index in [2.05, 4.69) is 46.9 Å². The minimum Gasteiger partial charge on any atom is -0.493 e. The first kappa shape index (κ1) is 23.5. The van der Waals surface area contributed by atoms with Crippen LogP contribution in [0.5, 0.6) is 17.4 Å². The van der Waals surface area contributed by atoms with E-state index in [1.807, 2.05) is 6.07 Å². The molecule has 0 saturated heterocycles. The Morgan fingerprint density at radius 3 is 2.62 bits per heavy atom. The topological polar surface area (TPSA) is 122 Å². The van der Waals surface area contributed by atoms with Crippen LogP contribution in [0, 0.1) is 17.0 Å². The largest absolute Gasteiger partial charge is 0.493 e. The summed E-state index contributed by atoms with van der Waals surface area (Å²) in [5, 5.41) is 15.6. The first-order chi connectivity index (χ1) is 16.3. The number of methoxy groups -OCH3 is 1. The van der Waals surface area contributed by atoms with Crippen molar-refractivity contribution in [1.29, 1.82) is 0 Å². The molecule has 172 valence electrons. The van der Waals surface area contributed by atoms with Crippen molar-refractivity contribution in [1.82, 2.24) is 14.6 Å². The second-order valence-corrected chi connectivity index (χ2v) is 8.69. The Morgan fingerprint density at radius 1 is 1.15 bits per heavy atom. The molecular formula is C22H15Br2N5O5. The lowest BCUT2D eigenvalue weighted by molar-refractivity contribution is -0.385. The maximum atomic E-state index is 12.9. The summed E-state index contributed by atoms with van der Waals surface area (Å²) in [5.41, 5.74) is 0.753. The first-order valence-corrected chi connectivity index (χ1v) is 11.2. The van der Waals surface area contributed by atoms with Crippen molar-refractivity contribution in [2.45, 2.75) is 6.92 Å². The van der Waals surface area contributed by atoms with Crippen molar-refractivity contribution in [2.24, 2.45) is 5.10 Å². The van der Waals surface area contributed by atoms with Gasteiger partial charge in [-0.25, -0.2) is 9.97 Å². The molecule has 0 spiro atoms. The number of pyridine rings is 1. The average Bonchev–Trinajstić information content (AvgIpc) is 2.81. The van der Waals surface area contributed by atoms with Gasteiger partial charge in [0.2, 0.25) is 5.88 Å². The minimum atomic E-state index is -0.543. The number of aromatic nitrogens is 3. The second-order valence-electron chi connectivity index (χ2n) is 6.92. The summed E-state index contributed by atoms with van der Waals surface area (Å²) in [5.74, 6) is 1.30. The monoisotopic (exact) mass is 587 g/mol. The molecule has 0 N–H and O–H groups in total. The summed E-state index contributed by atoms with van der Waals surface area (Å²) in [6.45, 7) is 1.70. The Balaban J connectivity index is 1.67. The third-order valence-electron chi connectivity index (χ3n) is 4.71. The zero-order valence-electron chi connectivity index (χ0n) is 17.7. The molecule has 0 atom stereocenters. The van der Waals surface area contributed by atoms with Gasteiger partial charge < -0.3 is 9.47 Å². The van der Waals surface area contributed by atoms with Gasteiger partial charge in [-0.1, -0.05) is 15.9 Å². The zero-order valence-corrected chi connectivity index (χ0v) is 20.9. The Labute approximate surface area is 209 Å². The Kier molecular flexibility index (Phi) is 6.70. The molecule has 0 bridgehead atoms. The second kappa shape index (κ2) is 9.69. The molecule has 0 saturated carbocycles. The number of nitrogens with zero attached hydrogens (tertiary/aromatic N) is 5. The standard InChI is InChI=1S/C22H15Br2N5O5/c1-12-27-18-5-3-14(23)8-16(18)22(30)28(12)26-10-13-7-19(33-2)20(9-17(13)24)34-21-6-4-15(11-25-21)29(31)32/h3-11H,1-2H3. The molecule has 10 nitrogen and oxygen atoms in total. The predicted octanol–water partition coefficient (Wildman–Crippen LogP) is 5.22. The number of halogens is 2. The highest BCUT2D eigenvalue weighted by Gasteiger charge is 2.13.